The summed E-state index contributed by atoms with van der Waals surface area (Å²) in [5.74, 6) is 1.10. The van der Waals surface area contributed by atoms with Gasteiger partial charge in [-0.1, -0.05) is 12.1 Å². The van der Waals surface area contributed by atoms with Crippen LogP contribution in [0.4, 0.5) is 0 Å². The zero-order chi connectivity index (χ0) is 17.0. The Morgan fingerprint density at radius 3 is 2.67 bits per heavy atom. The molecule has 1 amide bonds. The standard InChI is InChI=1S/C19H28N2O3/c1-20-13-18(22)21-9-7-19(8-10-21)12-17(24-14-19)11-15-3-5-16(23-2)6-4-15/h3-6,17,20H,7-14H2,1-2H3. The molecule has 2 heterocycles. The molecule has 1 spiro atoms. The highest BCUT2D eigenvalue weighted by molar-refractivity contribution is 5.78. The van der Waals surface area contributed by atoms with Crippen molar-refractivity contribution in [3.63, 3.8) is 0 Å². The molecule has 2 aliphatic rings. The van der Waals surface area contributed by atoms with Crippen LogP contribution in [0.3, 0.4) is 0 Å². The first-order valence-corrected chi connectivity index (χ1v) is 8.81. The summed E-state index contributed by atoms with van der Waals surface area (Å²) in [6.45, 7) is 2.99. The number of piperidine rings is 1. The van der Waals surface area contributed by atoms with Gasteiger partial charge < -0.3 is 19.7 Å². The molecule has 2 fully saturated rings. The SMILES string of the molecule is CNCC(=O)N1CCC2(CC1)COC(Cc1ccc(OC)cc1)C2. The number of carbonyl (C=O) groups is 1. The zero-order valence-electron chi connectivity index (χ0n) is 14.7. The van der Waals surface area contributed by atoms with Crippen molar-refractivity contribution in [2.75, 3.05) is 40.4 Å². The minimum Gasteiger partial charge on any atom is -0.497 e. The number of likely N-dealkylation sites (N-methyl/N-ethyl adjacent to an activating group) is 1. The van der Waals surface area contributed by atoms with E-state index in [-0.39, 0.29) is 17.4 Å². The summed E-state index contributed by atoms with van der Waals surface area (Å²) in [6, 6.07) is 8.25. The Morgan fingerprint density at radius 2 is 2.04 bits per heavy atom. The number of amides is 1. The van der Waals surface area contributed by atoms with Crippen LogP contribution < -0.4 is 10.1 Å². The molecule has 1 atom stereocenters. The molecular weight excluding hydrogens is 304 g/mol. The number of rotatable bonds is 5. The van der Waals surface area contributed by atoms with Crippen molar-refractivity contribution in [2.45, 2.75) is 31.8 Å². The van der Waals surface area contributed by atoms with Crippen molar-refractivity contribution >= 4 is 5.91 Å². The fourth-order valence-corrected chi connectivity index (χ4v) is 3.89. The maximum atomic E-state index is 12.0. The van der Waals surface area contributed by atoms with Gasteiger partial charge in [-0.3, -0.25) is 4.79 Å². The second kappa shape index (κ2) is 7.53. The van der Waals surface area contributed by atoms with E-state index in [1.54, 1.807) is 7.11 Å². The Morgan fingerprint density at radius 1 is 1.33 bits per heavy atom. The highest BCUT2D eigenvalue weighted by Gasteiger charge is 2.42. The molecule has 5 heteroatoms. The average Bonchev–Trinajstić information content (AvgIpc) is 2.98. The quantitative estimate of drug-likeness (QED) is 0.894. The molecule has 5 nitrogen and oxygen atoms in total. The van der Waals surface area contributed by atoms with Gasteiger partial charge in [0, 0.05) is 13.1 Å². The first-order chi connectivity index (χ1) is 11.6. The van der Waals surface area contributed by atoms with E-state index in [1.165, 1.54) is 5.56 Å². The lowest BCUT2D eigenvalue weighted by Crippen LogP contribution is -2.46. The number of hydrogen-bond acceptors (Lipinski definition) is 4. The van der Waals surface area contributed by atoms with Gasteiger partial charge >= 0.3 is 0 Å². The Kier molecular flexibility index (Phi) is 5.41. The molecule has 0 aromatic heterocycles. The van der Waals surface area contributed by atoms with Gasteiger partial charge in [-0.05, 0) is 55.8 Å². The van der Waals surface area contributed by atoms with Gasteiger partial charge in [0.15, 0.2) is 0 Å². The average molecular weight is 332 g/mol. The van der Waals surface area contributed by atoms with Crippen LogP contribution in [0.25, 0.3) is 0 Å². The molecule has 2 saturated heterocycles. The number of likely N-dealkylation sites (tertiary alicyclic amines) is 1. The van der Waals surface area contributed by atoms with Crippen LogP contribution in [0.5, 0.6) is 5.75 Å². The fraction of sp³-hybridized carbons (Fsp3) is 0.632. The van der Waals surface area contributed by atoms with E-state index in [2.05, 4.69) is 17.4 Å². The van der Waals surface area contributed by atoms with Crippen LogP contribution in [0, 0.1) is 5.41 Å². The van der Waals surface area contributed by atoms with E-state index >= 15 is 0 Å². The lowest BCUT2D eigenvalue weighted by Gasteiger charge is -2.38. The van der Waals surface area contributed by atoms with Gasteiger partial charge in [0.2, 0.25) is 5.91 Å². The van der Waals surface area contributed by atoms with Crippen molar-refractivity contribution in [1.29, 1.82) is 0 Å². The highest BCUT2D eigenvalue weighted by Crippen LogP contribution is 2.42. The van der Waals surface area contributed by atoms with Crippen LogP contribution in [-0.4, -0.2) is 57.3 Å². The monoisotopic (exact) mass is 332 g/mol. The summed E-state index contributed by atoms with van der Waals surface area (Å²) >= 11 is 0. The van der Waals surface area contributed by atoms with Crippen LogP contribution in [0.1, 0.15) is 24.8 Å². The molecule has 0 aliphatic carbocycles. The second-order valence-corrected chi connectivity index (χ2v) is 7.10. The lowest BCUT2D eigenvalue weighted by molar-refractivity contribution is -0.132. The number of carbonyl (C=O) groups excluding carboxylic acids is 1. The number of nitrogens with one attached hydrogen (secondary N) is 1. The summed E-state index contributed by atoms with van der Waals surface area (Å²) in [7, 11) is 3.50. The van der Waals surface area contributed by atoms with Gasteiger partial charge in [-0.2, -0.15) is 0 Å². The minimum absolute atomic E-state index is 0.209. The normalized spacial score (nSPS) is 22.8. The molecule has 3 rings (SSSR count). The van der Waals surface area contributed by atoms with Crippen molar-refractivity contribution < 1.29 is 14.3 Å². The molecule has 2 aliphatic heterocycles. The van der Waals surface area contributed by atoms with Crippen molar-refractivity contribution in [3.05, 3.63) is 29.8 Å². The van der Waals surface area contributed by atoms with E-state index in [0.717, 1.165) is 51.1 Å². The zero-order valence-corrected chi connectivity index (χ0v) is 14.7. The van der Waals surface area contributed by atoms with Crippen molar-refractivity contribution in [2.24, 2.45) is 5.41 Å². The minimum atomic E-state index is 0.209. The third-order valence-corrected chi connectivity index (χ3v) is 5.41. The number of methoxy groups -OCH3 is 1. The fourth-order valence-electron chi connectivity index (χ4n) is 3.89. The van der Waals surface area contributed by atoms with Gasteiger partial charge in [0.05, 0.1) is 26.4 Å². The molecule has 1 aromatic carbocycles. The van der Waals surface area contributed by atoms with Crippen molar-refractivity contribution in [1.82, 2.24) is 10.2 Å². The first-order valence-electron chi connectivity index (χ1n) is 8.81. The predicted molar refractivity (Wildman–Crippen MR) is 93.2 cm³/mol. The molecule has 1 aromatic rings. The van der Waals surface area contributed by atoms with Crippen LogP contribution in [0.15, 0.2) is 24.3 Å². The molecule has 1 unspecified atom stereocenters. The van der Waals surface area contributed by atoms with E-state index in [9.17, 15) is 4.79 Å². The number of benzene rings is 1. The van der Waals surface area contributed by atoms with E-state index in [4.69, 9.17) is 9.47 Å². The van der Waals surface area contributed by atoms with Gasteiger partial charge in [-0.25, -0.2) is 0 Å². The van der Waals surface area contributed by atoms with E-state index in [0.29, 0.717) is 6.54 Å². The molecule has 1 N–H and O–H groups in total. The summed E-state index contributed by atoms with van der Waals surface area (Å²) in [6.07, 6.45) is 4.46. The Balaban J connectivity index is 1.51. The lowest BCUT2D eigenvalue weighted by atomic mass is 9.76. The maximum Gasteiger partial charge on any atom is 0.236 e. The van der Waals surface area contributed by atoms with Crippen LogP contribution >= 0.6 is 0 Å². The maximum absolute atomic E-state index is 12.0. The third-order valence-electron chi connectivity index (χ3n) is 5.41. The van der Waals surface area contributed by atoms with E-state index < -0.39 is 0 Å². The predicted octanol–water partition coefficient (Wildman–Crippen LogP) is 1.85. The molecule has 0 saturated carbocycles. The Labute approximate surface area is 144 Å². The van der Waals surface area contributed by atoms with Crippen LogP contribution in [-0.2, 0) is 16.0 Å². The number of hydrogen-bond donors (Lipinski definition) is 1. The van der Waals surface area contributed by atoms with Crippen LogP contribution in [0.2, 0.25) is 0 Å². The summed E-state index contributed by atoms with van der Waals surface area (Å²) in [5.41, 5.74) is 1.56. The molecule has 132 valence electrons. The summed E-state index contributed by atoms with van der Waals surface area (Å²) in [5, 5.41) is 2.94. The largest absolute Gasteiger partial charge is 0.497 e. The highest BCUT2D eigenvalue weighted by atomic mass is 16.5. The van der Waals surface area contributed by atoms with Gasteiger partial charge in [0.25, 0.3) is 0 Å². The molecular formula is C19H28N2O3. The third kappa shape index (κ3) is 3.90. The smallest absolute Gasteiger partial charge is 0.236 e. The molecule has 0 bridgehead atoms. The Hall–Kier alpha value is -1.59. The summed E-state index contributed by atoms with van der Waals surface area (Å²) < 4.78 is 11.3. The summed E-state index contributed by atoms with van der Waals surface area (Å²) in [4.78, 5) is 14.0. The van der Waals surface area contributed by atoms with Crippen molar-refractivity contribution in [3.8, 4) is 5.75 Å². The molecule has 0 radical (unpaired) electrons. The molecule has 24 heavy (non-hydrogen) atoms. The van der Waals surface area contributed by atoms with Gasteiger partial charge in [0.1, 0.15) is 5.75 Å². The Bertz CT molecular complexity index is 550. The topological polar surface area (TPSA) is 50.8 Å². The second-order valence-electron chi connectivity index (χ2n) is 7.10. The van der Waals surface area contributed by atoms with Gasteiger partial charge in [-0.15, -0.1) is 0 Å². The number of nitrogens with zero attached hydrogens (tertiary/aromatic N) is 1. The first kappa shape index (κ1) is 17.2. The number of ether oxygens (including phenoxy) is 2. The van der Waals surface area contributed by atoms with E-state index in [1.807, 2.05) is 24.1 Å².